The van der Waals surface area contributed by atoms with E-state index in [2.05, 4.69) is 10.8 Å². The average molecular weight is 236 g/mol. The summed E-state index contributed by atoms with van der Waals surface area (Å²) in [5.41, 5.74) is 5.01. The van der Waals surface area contributed by atoms with E-state index in [0.717, 1.165) is 17.5 Å². The number of hydrogen-bond acceptors (Lipinski definition) is 3. The molecule has 3 N–H and O–H groups in total. The number of hydrogen-bond donors (Lipinski definition) is 2. The predicted octanol–water partition coefficient (Wildman–Crippen LogP) is 2.63. The molecule has 0 radical (unpaired) electrons. The van der Waals surface area contributed by atoms with E-state index in [4.69, 9.17) is 5.84 Å². The monoisotopic (exact) mass is 236 g/mol. The molecule has 1 aromatic carbocycles. The van der Waals surface area contributed by atoms with Gasteiger partial charge in [0.15, 0.2) is 0 Å². The van der Waals surface area contributed by atoms with E-state index in [9.17, 15) is 4.39 Å². The van der Waals surface area contributed by atoms with Crippen molar-refractivity contribution in [2.75, 3.05) is 0 Å². The Balaban J connectivity index is 2.10. The largest absolute Gasteiger partial charge is 0.271 e. The Labute approximate surface area is 97.9 Å². The van der Waals surface area contributed by atoms with E-state index >= 15 is 0 Å². The van der Waals surface area contributed by atoms with Crippen molar-refractivity contribution in [1.82, 2.24) is 5.43 Å². The molecule has 0 aliphatic rings. The minimum absolute atomic E-state index is 0.0803. The van der Waals surface area contributed by atoms with Crippen molar-refractivity contribution < 1.29 is 4.39 Å². The van der Waals surface area contributed by atoms with Crippen molar-refractivity contribution in [1.29, 1.82) is 0 Å². The van der Waals surface area contributed by atoms with E-state index in [0.29, 0.717) is 0 Å². The molecule has 2 nitrogen and oxygen atoms in total. The molecule has 1 atom stereocenters. The van der Waals surface area contributed by atoms with Gasteiger partial charge in [0.05, 0.1) is 6.04 Å². The van der Waals surface area contributed by atoms with Crippen molar-refractivity contribution in [2.24, 2.45) is 5.84 Å². The zero-order valence-electron chi connectivity index (χ0n) is 8.69. The van der Waals surface area contributed by atoms with Gasteiger partial charge in [-0.2, -0.15) is 11.3 Å². The molecule has 0 amide bonds. The van der Waals surface area contributed by atoms with Gasteiger partial charge in [-0.15, -0.1) is 0 Å². The van der Waals surface area contributed by atoms with E-state index < -0.39 is 0 Å². The lowest BCUT2D eigenvalue weighted by Crippen LogP contribution is -2.29. The summed E-state index contributed by atoms with van der Waals surface area (Å²) in [5.74, 6) is 5.31. The normalized spacial score (nSPS) is 12.6. The fraction of sp³-hybridized carbons (Fsp3) is 0.167. The van der Waals surface area contributed by atoms with Gasteiger partial charge in [-0.25, -0.2) is 4.39 Å². The topological polar surface area (TPSA) is 38.0 Å². The first-order valence-corrected chi connectivity index (χ1v) is 5.96. The van der Waals surface area contributed by atoms with Crippen LogP contribution in [0.1, 0.15) is 17.2 Å². The smallest absolute Gasteiger partial charge is 0.123 e. The third-order valence-corrected chi connectivity index (χ3v) is 3.20. The lowest BCUT2D eigenvalue weighted by Gasteiger charge is -2.14. The zero-order chi connectivity index (χ0) is 11.4. The second-order valence-corrected chi connectivity index (χ2v) is 4.39. The van der Waals surface area contributed by atoms with Crippen molar-refractivity contribution >= 4 is 11.3 Å². The van der Waals surface area contributed by atoms with E-state index in [1.54, 1.807) is 23.5 Å². The molecule has 0 spiro atoms. The molecule has 0 aliphatic heterocycles. The number of nitrogens with one attached hydrogen (secondary N) is 1. The van der Waals surface area contributed by atoms with Crippen molar-refractivity contribution in [3.63, 3.8) is 0 Å². The van der Waals surface area contributed by atoms with Crippen molar-refractivity contribution in [2.45, 2.75) is 12.5 Å². The van der Waals surface area contributed by atoms with Crippen molar-refractivity contribution in [3.05, 3.63) is 58.0 Å². The van der Waals surface area contributed by atoms with Crippen LogP contribution in [-0.4, -0.2) is 0 Å². The summed E-state index contributed by atoms with van der Waals surface area (Å²) in [4.78, 5) is 0. The first-order chi connectivity index (χ1) is 7.79. The molecular weight excluding hydrogens is 223 g/mol. The van der Waals surface area contributed by atoms with Crippen LogP contribution in [-0.2, 0) is 6.42 Å². The second-order valence-electron chi connectivity index (χ2n) is 3.61. The summed E-state index contributed by atoms with van der Waals surface area (Å²) in [7, 11) is 0. The Hall–Kier alpha value is -1.23. The number of hydrazine groups is 1. The predicted molar refractivity (Wildman–Crippen MR) is 64.5 cm³/mol. The molecule has 2 rings (SSSR count). The molecular formula is C12H13FN2S. The molecule has 1 aromatic heterocycles. The Morgan fingerprint density at radius 3 is 2.56 bits per heavy atom. The number of rotatable bonds is 4. The van der Waals surface area contributed by atoms with Gasteiger partial charge in [0.2, 0.25) is 0 Å². The average Bonchev–Trinajstić information content (AvgIpc) is 2.82. The van der Waals surface area contributed by atoms with Gasteiger partial charge in [0.25, 0.3) is 0 Å². The molecule has 0 saturated carbocycles. The molecule has 4 heteroatoms. The van der Waals surface area contributed by atoms with E-state index in [1.807, 2.05) is 11.4 Å². The van der Waals surface area contributed by atoms with Crippen LogP contribution in [0.3, 0.4) is 0 Å². The highest BCUT2D eigenvalue weighted by atomic mass is 32.1. The quantitative estimate of drug-likeness (QED) is 0.632. The summed E-state index contributed by atoms with van der Waals surface area (Å²) < 4.78 is 12.7. The lowest BCUT2D eigenvalue weighted by atomic mass is 10.0. The molecule has 0 fully saturated rings. The molecule has 84 valence electrons. The van der Waals surface area contributed by atoms with Crippen LogP contribution in [0.2, 0.25) is 0 Å². The SMILES string of the molecule is NNC(Cc1ccc(F)cc1)c1ccsc1. The molecule has 1 unspecified atom stereocenters. The van der Waals surface area contributed by atoms with Crippen LogP contribution < -0.4 is 11.3 Å². The third kappa shape index (κ3) is 2.66. The number of halogens is 1. The maximum Gasteiger partial charge on any atom is 0.123 e. The summed E-state index contributed by atoms with van der Waals surface area (Å²) in [5, 5.41) is 4.08. The molecule has 0 aliphatic carbocycles. The number of benzene rings is 1. The Morgan fingerprint density at radius 1 is 1.25 bits per heavy atom. The fourth-order valence-corrected chi connectivity index (χ4v) is 2.32. The zero-order valence-corrected chi connectivity index (χ0v) is 9.51. The number of thiophene rings is 1. The van der Waals surface area contributed by atoms with Gasteiger partial charge in [-0.05, 0) is 46.5 Å². The maximum atomic E-state index is 12.7. The van der Waals surface area contributed by atoms with Crippen LogP contribution in [0.25, 0.3) is 0 Å². The van der Waals surface area contributed by atoms with Crippen LogP contribution in [0.15, 0.2) is 41.1 Å². The van der Waals surface area contributed by atoms with Crippen LogP contribution in [0.4, 0.5) is 4.39 Å². The van der Waals surface area contributed by atoms with Gasteiger partial charge in [-0.1, -0.05) is 12.1 Å². The van der Waals surface area contributed by atoms with Gasteiger partial charge in [0.1, 0.15) is 5.82 Å². The van der Waals surface area contributed by atoms with Crippen molar-refractivity contribution in [3.8, 4) is 0 Å². The summed E-state index contributed by atoms with van der Waals surface area (Å²) in [6.07, 6.45) is 0.757. The second kappa shape index (κ2) is 5.21. The van der Waals surface area contributed by atoms with Gasteiger partial charge < -0.3 is 0 Å². The van der Waals surface area contributed by atoms with E-state index in [1.165, 1.54) is 12.1 Å². The van der Waals surface area contributed by atoms with Gasteiger partial charge in [-0.3, -0.25) is 11.3 Å². The Bertz CT molecular complexity index is 425. The standard InChI is InChI=1S/C12H13FN2S/c13-11-3-1-9(2-4-11)7-12(15-14)10-5-6-16-8-10/h1-6,8,12,15H,7,14H2. The molecule has 0 saturated heterocycles. The van der Waals surface area contributed by atoms with Gasteiger partial charge in [0, 0.05) is 0 Å². The van der Waals surface area contributed by atoms with Crippen LogP contribution in [0.5, 0.6) is 0 Å². The highest BCUT2D eigenvalue weighted by Gasteiger charge is 2.10. The minimum atomic E-state index is -0.212. The first-order valence-electron chi connectivity index (χ1n) is 5.02. The Kier molecular flexibility index (Phi) is 3.66. The summed E-state index contributed by atoms with van der Waals surface area (Å²) in [6.45, 7) is 0. The van der Waals surface area contributed by atoms with E-state index in [-0.39, 0.29) is 11.9 Å². The first kappa shape index (κ1) is 11.3. The highest BCUT2D eigenvalue weighted by Crippen LogP contribution is 2.20. The molecule has 2 aromatic rings. The lowest BCUT2D eigenvalue weighted by molar-refractivity contribution is 0.552. The van der Waals surface area contributed by atoms with Crippen LogP contribution in [0, 0.1) is 5.82 Å². The highest BCUT2D eigenvalue weighted by molar-refractivity contribution is 7.07. The summed E-state index contributed by atoms with van der Waals surface area (Å²) >= 11 is 1.64. The van der Waals surface area contributed by atoms with Gasteiger partial charge >= 0.3 is 0 Å². The molecule has 0 bridgehead atoms. The minimum Gasteiger partial charge on any atom is -0.271 e. The third-order valence-electron chi connectivity index (χ3n) is 2.50. The summed E-state index contributed by atoms with van der Waals surface area (Å²) in [6, 6.07) is 8.63. The maximum absolute atomic E-state index is 12.7. The number of nitrogens with two attached hydrogens (primary N) is 1. The molecule has 16 heavy (non-hydrogen) atoms. The van der Waals surface area contributed by atoms with Crippen LogP contribution >= 0.6 is 11.3 Å². The fourth-order valence-electron chi connectivity index (χ4n) is 1.60. The Morgan fingerprint density at radius 2 is 2.00 bits per heavy atom. The molecule has 1 heterocycles.